The van der Waals surface area contributed by atoms with Crippen LogP contribution in [0.5, 0.6) is 0 Å². The van der Waals surface area contributed by atoms with Gasteiger partial charge in [0, 0.05) is 17.2 Å². The minimum absolute atomic E-state index is 0.0149. The molecule has 0 radical (unpaired) electrons. The first-order valence-corrected chi connectivity index (χ1v) is 8.62. The van der Waals surface area contributed by atoms with Crippen LogP contribution in [0.3, 0.4) is 0 Å². The lowest BCUT2D eigenvalue weighted by Gasteiger charge is -2.19. The third-order valence-corrected chi connectivity index (χ3v) is 4.40. The number of nitrogens with one attached hydrogen (secondary N) is 1. The number of rotatable bonds is 5. The maximum atomic E-state index is 13.5. The van der Waals surface area contributed by atoms with E-state index in [0.29, 0.717) is 22.7 Å². The highest BCUT2D eigenvalue weighted by atomic mass is 19.1. The van der Waals surface area contributed by atoms with Gasteiger partial charge in [-0.3, -0.25) is 0 Å². The minimum Gasteiger partial charge on any atom is -0.485 e. The van der Waals surface area contributed by atoms with Gasteiger partial charge in [-0.05, 0) is 36.4 Å². The number of anilines is 2. The van der Waals surface area contributed by atoms with E-state index in [1.165, 1.54) is 31.8 Å². The van der Waals surface area contributed by atoms with E-state index in [2.05, 4.69) is 20.4 Å². The van der Waals surface area contributed by atoms with Gasteiger partial charge >= 0.3 is 0 Å². The van der Waals surface area contributed by atoms with Crippen molar-refractivity contribution in [3.05, 3.63) is 77.5 Å². The Morgan fingerprint density at radius 3 is 3.04 bits per heavy atom. The van der Waals surface area contributed by atoms with Gasteiger partial charge in [0.15, 0.2) is 0 Å². The third kappa shape index (κ3) is 3.57. The predicted octanol–water partition coefficient (Wildman–Crippen LogP) is 3.10. The number of fused-ring (bicyclic) bond motifs is 1. The third-order valence-electron chi connectivity index (χ3n) is 4.40. The molecule has 1 aromatic carbocycles. The molecule has 2 aromatic rings. The molecule has 7 nitrogen and oxygen atoms in total. The molecule has 1 aliphatic heterocycles. The molecule has 8 heteroatoms. The van der Waals surface area contributed by atoms with Gasteiger partial charge in [-0.15, -0.1) is 0 Å². The number of oxime groups is 1. The summed E-state index contributed by atoms with van der Waals surface area (Å²) < 4.78 is 19.4. The van der Waals surface area contributed by atoms with Gasteiger partial charge in [0.05, 0.1) is 11.8 Å². The molecule has 0 saturated carbocycles. The van der Waals surface area contributed by atoms with Crippen molar-refractivity contribution in [2.45, 2.75) is 6.10 Å². The van der Waals surface area contributed by atoms with Crippen molar-refractivity contribution in [1.82, 2.24) is 9.97 Å². The molecule has 1 aliphatic carbocycles. The summed E-state index contributed by atoms with van der Waals surface area (Å²) in [6.45, 7) is 0. The molecule has 2 aliphatic rings. The second-order valence-corrected chi connectivity index (χ2v) is 6.25. The number of hydrogen-bond acceptors (Lipinski definition) is 7. The first kappa shape index (κ1) is 17.7. The van der Waals surface area contributed by atoms with Crippen molar-refractivity contribution in [2.24, 2.45) is 11.1 Å². The highest BCUT2D eigenvalue weighted by Gasteiger charge is 2.29. The number of halogens is 1. The van der Waals surface area contributed by atoms with Crippen LogP contribution >= 0.6 is 0 Å². The van der Waals surface area contributed by atoms with E-state index in [1.807, 2.05) is 30.4 Å². The van der Waals surface area contributed by atoms with Gasteiger partial charge in [-0.1, -0.05) is 17.3 Å². The number of aromatic nitrogens is 2. The SMILES string of the molecule is CO/N=C/c1c(N)ncnc1NC1=CC2C=C(c3cccc(F)c3)OC2C=C1. The summed E-state index contributed by atoms with van der Waals surface area (Å²) in [7, 11) is 1.44. The topological polar surface area (TPSA) is 94.7 Å². The fourth-order valence-corrected chi connectivity index (χ4v) is 3.07. The smallest absolute Gasteiger partial charge is 0.144 e. The number of nitrogen functional groups attached to an aromatic ring is 1. The summed E-state index contributed by atoms with van der Waals surface area (Å²) in [6.07, 6.45) is 10.5. The highest BCUT2D eigenvalue weighted by molar-refractivity contribution is 5.91. The summed E-state index contributed by atoms with van der Waals surface area (Å²) in [4.78, 5) is 12.9. The second kappa shape index (κ2) is 7.51. The van der Waals surface area contributed by atoms with Gasteiger partial charge < -0.3 is 20.6 Å². The average molecular weight is 379 g/mol. The Hall–Kier alpha value is -3.68. The van der Waals surface area contributed by atoms with E-state index in [-0.39, 0.29) is 23.7 Å². The van der Waals surface area contributed by atoms with Crippen molar-refractivity contribution in [3.8, 4) is 0 Å². The number of allylic oxidation sites excluding steroid dienone is 1. The second-order valence-electron chi connectivity index (χ2n) is 6.25. The Morgan fingerprint density at radius 1 is 1.32 bits per heavy atom. The van der Waals surface area contributed by atoms with E-state index in [9.17, 15) is 4.39 Å². The zero-order chi connectivity index (χ0) is 19.5. The Balaban J connectivity index is 1.57. The van der Waals surface area contributed by atoms with E-state index < -0.39 is 0 Å². The first-order chi connectivity index (χ1) is 13.6. The number of ether oxygens (including phenoxy) is 1. The van der Waals surface area contributed by atoms with Crippen molar-refractivity contribution >= 4 is 23.6 Å². The Labute approximate surface area is 161 Å². The normalized spacial score (nSPS) is 20.4. The summed E-state index contributed by atoms with van der Waals surface area (Å²) in [5, 5.41) is 6.96. The van der Waals surface area contributed by atoms with Crippen LogP contribution in [0.15, 0.2) is 65.7 Å². The summed E-state index contributed by atoms with van der Waals surface area (Å²) in [5.74, 6) is 1.18. The van der Waals surface area contributed by atoms with Crippen LogP contribution in [-0.4, -0.2) is 29.4 Å². The van der Waals surface area contributed by atoms with Crippen LogP contribution < -0.4 is 11.1 Å². The monoisotopic (exact) mass is 379 g/mol. The lowest BCUT2D eigenvalue weighted by molar-refractivity contribution is 0.212. The van der Waals surface area contributed by atoms with Crippen LogP contribution in [-0.2, 0) is 9.57 Å². The van der Waals surface area contributed by atoms with Crippen LogP contribution in [0.1, 0.15) is 11.1 Å². The molecule has 2 unspecified atom stereocenters. The number of nitrogens with two attached hydrogens (primary N) is 1. The minimum atomic E-state index is -0.295. The van der Waals surface area contributed by atoms with Crippen molar-refractivity contribution in [3.63, 3.8) is 0 Å². The van der Waals surface area contributed by atoms with E-state index >= 15 is 0 Å². The maximum Gasteiger partial charge on any atom is 0.144 e. The summed E-state index contributed by atoms with van der Waals surface area (Å²) >= 11 is 0. The molecule has 142 valence electrons. The van der Waals surface area contributed by atoms with Crippen LogP contribution in [0.25, 0.3) is 5.76 Å². The average Bonchev–Trinajstić information content (AvgIpc) is 3.11. The maximum absolute atomic E-state index is 13.5. The molecule has 2 atom stereocenters. The fraction of sp³-hybridized carbons (Fsp3) is 0.150. The highest BCUT2D eigenvalue weighted by Crippen LogP contribution is 2.35. The molecule has 28 heavy (non-hydrogen) atoms. The fourth-order valence-electron chi connectivity index (χ4n) is 3.07. The predicted molar refractivity (Wildman–Crippen MR) is 105 cm³/mol. The van der Waals surface area contributed by atoms with E-state index in [1.54, 1.807) is 6.07 Å². The molecule has 0 bridgehead atoms. The van der Waals surface area contributed by atoms with Crippen LogP contribution in [0.2, 0.25) is 0 Å². The largest absolute Gasteiger partial charge is 0.485 e. The zero-order valence-corrected chi connectivity index (χ0v) is 15.0. The van der Waals surface area contributed by atoms with Gasteiger partial charge in [0.25, 0.3) is 0 Å². The summed E-state index contributed by atoms with van der Waals surface area (Å²) in [5.41, 5.74) is 7.98. The number of benzene rings is 1. The number of hydrogen-bond donors (Lipinski definition) is 2. The molecule has 0 fully saturated rings. The zero-order valence-electron chi connectivity index (χ0n) is 15.0. The Bertz CT molecular complexity index is 1020. The van der Waals surface area contributed by atoms with E-state index in [0.717, 1.165) is 5.70 Å². The van der Waals surface area contributed by atoms with Gasteiger partial charge in [0.2, 0.25) is 0 Å². The van der Waals surface area contributed by atoms with Gasteiger partial charge in [-0.2, -0.15) is 0 Å². The molecule has 4 rings (SSSR count). The lowest BCUT2D eigenvalue weighted by Crippen LogP contribution is -2.18. The molecule has 0 amide bonds. The van der Waals surface area contributed by atoms with Crippen LogP contribution in [0.4, 0.5) is 16.0 Å². The molecule has 0 spiro atoms. The van der Waals surface area contributed by atoms with Crippen molar-refractivity contribution < 1.29 is 14.0 Å². The summed E-state index contributed by atoms with van der Waals surface area (Å²) in [6, 6.07) is 6.36. The lowest BCUT2D eigenvalue weighted by atomic mass is 9.96. The van der Waals surface area contributed by atoms with Crippen LogP contribution in [0, 0.1) is 11.7 Å². The van der Waals surface area contributed by atoms with Crippen molar-refractivity contribution in [1.29, 1.82) is 0 Å². The van der Waals surface area contributed by atoms with Crippen molar-refractivity contribution in [2.75, 3.05) is 18.2 Å². The molecular weight excluding hydrogens is 361 g/mol. The standard InChI is InChI=1S/C20H18FN5O2/c1-27-25-10-16-19(22)23-11-24-20(16)26-15-5-6-17-13(8-15)9-18(28-17)12-3-2-4-14(21)7-12/h2-11,13,17H,1H3,(H3,22,23,24,26)/b25-10+. The molecule has 0 saturated heterocycles. The molecular formula is C20H18FN5O2. The Kier molecular flexibility index (Phi) is 4.76. The molecule has 2 heterocycles. The quantitative estimate of drug-likeness (QED) is 0.612. The molecule has 3 N–H and O–H groups in total. The molecule has 1 aromatic heterocycles. The number of nitrogens with zero attached hydrogens (tertiary/aromatic N) is 3. The van der Waals surface area contributed by atoms with Gasteiger partial charge in [-0.25, -0.2) is 14.4 Å². The first-order valence-electron chi connectivity index (χ1n) is 8.62. The van der Waals surface area contributed by atoms with E-state index in [4.69, 9.17) is 15.3 Å². The van der Waals surface area contributed by atoms with Gasteiger partial charge in [0.1, 0.15) is 42.8 Å². The Morgan fingerprint density at radius 2 is 2.21 bits per heavy atom.